The minimum absolute atomic E-state index is 0.243. The zero-order valence-electron chi connectivity index (χ0n) is 18.3. The van der Waals surface area contributed by atoms with E-state index >= 15 is 0 Å². The molecule has 164 valence electrons. The van der Waals surface area contributed by atoms with Crippen LogP contribution in [0.15, 0.2) is 106 Å². The van der Waals surface area contributed by atoms with Crippen molar-refractivity contribution >= 4 is 28.5 Å². The first-order valence-electron chi connectivity index (χ1n) is 10.9. The summed E-state index contributed by atoms with van der Waals surface area (Å²) in [6.45, 7) is 2.66. The molecule has 0 radical (unpaired) electrons. The quantitative estimate of drug-likeness (QED) is 0.253. The molecule has 0 atom stereocenters. The normalized spacial score (nSPS) is 11.3. The van der Waals surface area contributed by atoms with Crippen LogP contribution in [0.5, 0.6) is 5.75 Å². The summed E-state index contributed by atoms with van der Waals surface area (Å²) in [6.07, 6.45) is 1.69. The molecule has 0 aliphatic rings. The Morgan fingerprint density at radius 3 is 2.39 bits per heavy atom. The zero-order valence-corrected chi connectivity index (χ0v) is 22.3. The third kappa shape index (κ3) is 4.91. The molecule has 5 rings (SSSR count). The molecule has 3 aromatic carbocycles. The monoisotopic (exact) mass is 546 g/mol. The minimum atomic E-state index is -1.47. The standard InChI is InChI=1S/C20H12FO2.C8H9O.Sn.2H/c21-17-8-6-14(7-9-17)15-3-1-4-16(13-15)20-18(10-12-23-20)19-5-2-11-22-19;1-2-9-8-6-4-3-5-7-8;;;/h1-10,12-13H;4-7H,2H2,1H3;;;. The Morgan fingerprint density at radius 2 is 1.61 bits per heavy atom. The summed E-state index contributed by atoms with van der Waals surface area (Å²) in [4.78, 5) is 0. The molecule has 2 heterocycles. The second-order valence-corrected chi connectivity index (χ2v) is 13.1. The fourth-order valence-corrected chi connectivity index (χ4v) is 7.71. The molecule has 0 fully saturated rings. The first-order chi connectivity index (χ1) is 16.2. The third-order valence-electron chi connectivity index (χ3n) is 5.51. The Hall–Kier alpha value is -3.25. The van der Waals surface area contributed by atoms with E-state index in [2.05, 4.69) is 24.3 Å². The van der Waals surface area contributed by atoms with Crippen molar-refractivity contribution in [3.8, 4) is 39.5 Å². The zero-order chi connectivity index (χ0) is 22.6. The molecule has 3 nitrogen and oxygen atoms in total. The summed E-state index contributed by atoms with van der Waals surface area (Å²) in [5.74, 6) is 2.23. The van der Waals surface area contributed by atoms with Gasteiger partial charge in [-0.05, 0) is 0 Å². The van der Waals surface area contributed by atoms with Crippen molar-refractivity contribution < 1.29 is 18.0 Å². The molecular weight excluding hydrogens is 522 g/mol. The van der Waals surface area contributed by atoms with Crippen LogP contribution >= 0.6 is 0 Å². The molecule has 0 unspecified atom stereocenters. The van der Waals surface area contributed by atoms with E-state index in [9.17, 15) is 4.39 Å². The van der Waals surface area contributed by atoms with Crippen LogP contribution in [0.1, 0.15) is 6.92 Å². The van der Waals surface area contributed by atoms with Crippen LogP contribution in [-0.4, -0.2) is 27.7 Å². The molecule has 0 saturated heterocycles. The van der Waals surface area contributed by atoms with E-state index in [0.29, 0.717) is 6.61 Å². The van der Waals surface area contributed by atoms with Crippen molar-refractivity contribution in [3.05, 3.63) is 103 Å². The van der Waals surface area contributed by atoms with Gasteiger partial charge in [0.1, 0.15) is 0 Å². The van der Waals surface area contributed by atoms with Gasteiger partial charge in [0.25, 0.3) is 0 Å². The van der Waals surface area contributed by atoms with Gasteiger partial charge in [0, 0.05) is 0 Å². The number of benzene rings is 3. The van der Waals surface area contributed by atoms with Crippen LogP contribution in [0.25, 0.3) is 33.8 Å². The summed E-state index contributed by atoms with van der Waals surface area (Å²) in [5, 5.41) is 0. The second kappa shape index (κ2) is 9.71. The van der Waals surface area contributed by atoms with E-state index in [0.717, 1.165) is 43.3 Å². The van der Waals surface area contributed by atoms with Gasteiger partial charge >= 0.3 is 198 Å². The number of hydrogen-bond acceptors (Lipinski definition) is 3. The van der Waals surface area contributed by atoms with Crippen LogP contribution in [0, 0.1) is 5.82 Å². The molecule has 5 aromatic rings. The maximum absolute atomic E-state index is 13.3. The Bertz CT molecular complexity index is 1350. The van der Waals surface area contributed by atoms with E-state index in [4.69, 9.17) is 13.6 Å². The average molecular weight is 545 g/mol. The van der Waals surface area contributed by atoms with Gasteiger partial charge in [0.15, 0.2) is 0 Å². The van der Waals surface area contributed by atoms with Gasteiger partial charge in [-0.15, -0.1) is 0 Å². The molecule has 0 spiro atoms. The third-order valence-corrected chi connectivity index (χ3v) is 10.1. The van der Waals surface area contributed by atoms with Crippen LogP contribution in [0.3, 0.4) is 0 Å². The van der Waals surface area contributed by atoms with Crippen LogP contribution in [0.4, 0.5) is 4.39 Å². The maximum atomic E-state index is 13.3. The van der Waals surface area contributed by atoms with E-state index in [-0.39, 0.29) is 5.82 Å². The molecule has 0 aliphatic heterocycles. The van der Waals surface area contributed by atoms with E-state index in [1.54, 1.807) is 18.4 Å². The summed E-state index contributed by atoms with van der Waals surface area (Å²) in [5.41, 5.74) is 3.83. The van der Waals surface area contributed by atoms with Gasteiger partial charge in [-0.2, -0.15) is 0 Å². The molecule has 0 N–H and O–H groups in total. The van der Waals surface area contributed by atoms with E-state index in [1.807, 2.05) is 49.4 Å². The molecule has 33 heavy (non-hydrogen) atoms. The molecular formula is C28H23FO3Sn. The average Bonchev–Trinajstić information content (AvgIpc) is 3.51. The second-order valence-electron chi connectivity index (χ2n) is 7.77. The topological polar surface area (TPSA) is 35.5 Å². The Morgan fingerprint density at radius 1 is 0.818 bits per heavy atom. The summed E-state index contributed by atoms with van der Waals surface area (Å²) in [6, 6.07) is 29.0. The van der Waals surface area contributed by atoms with E-state index in [1.165, 1.54) is 15.7 Å². The summed E-state index contributed by atoms with van der Waals surface area (Å²) >= 11 is -1.47. The number of ether oxygens (including phenoxy) is 1. The van der Waals surface area contributed by atoms with Gasteiger partial charge in [-0.3, -0.25) is 0 Å². The predicted octanol–water partition coefficient (Wildman–Crippen LogP) is 5.53. The molecule has 0 amide bonds. The SMILES string of the molecule is CCOc1cc[c]([SnH2][c]2ccc(-c3ccoc3-c3cccc(-c4ccc(F)cc4)c3)o2)cc1. The summed E-state index contributed by atoms with van der Waals surface area (Å²) in [7, 11) is 0. The van der Waals surface area contributed by atoms with Crippen molar-refractivity contribution in [2.75, 3.05) is 6.61 Å². The van der Waals surface area contributed by atoms with Gasteiger partial charge in [0.05, 0.1) is 0 Å². The van der Waals surface area contributed by atoms with Crippen molar-refractivity contribution in [1.29, 1.82) is 0 Å². The van der Waals surface area contributed by atoms with Gasteiger partial charge in [-0.1, -0.05) is 0 Å². The fraction of sp³-hybridized carbons (Fsp3) is 0.0714. The van der Waals surface area contributed by atoms with Crippen molar-refractivity contribution in [2.24, 2.45) is 0 Å². The molecule has 5 heteroatoms. The number of furan rings is 2. The van der Waals surface area contributed by atoms with Crippen molar-refractivity contribution in [3.63, 3.8) is 0 Å². The molecule has 2 aromatic heterocycles. The van der Waals surface area contributed by atoms with E-state index < -0.39 is 21.1 Å². The Kier molecular flexibility index (Phi) is 6.35. The van der Waals surface area contributed by atoms with Crippen LogP contribution in [-0.2, 0) is 0 Å². The van der Waals surface area contributed by atoms with Crippen molar-refractivity contribution in [2.45, 2.75) is 6.92 Å². The van der Waals surface area contributed by atoms with Crippen LogP contribution < -0.4 is 12.1 Å². The predicted molar refractivity (Wildman–Crippen MR) is 133 cm³/mol. The Labute approximate surface area is 202 Å². The van der Waals surface area contributed by atoms with Gasteiger partial charge in [0.2, 0.25) is 0 Å². The fourth-order valence-electron chi connectivity index (χ4n) is 3.90. The van der Waals surface area contributed by atoms with Gasteiger partial charge in [-0.25, -0.2) is 4.39 Å². The molecule has 0 aliphatic carbocycles. The number of rotatable bonds is 7. The number of halogens is 1. The Balaban J connectivity index is 1.39. The summed E-state index contributed by atoms with van der Waals surface area (Å²) < 4.78 is 33.4. The van der Waals surface area contributed by atoms with Crippen LogP contribution in [0.2, 0.25) is 0 Å². The molecule has 0 bridgehead atoms. The van der Waals surface area contributed by atoms with Gasteiger partial charge < -0.3 is 0 Å². The number of hydrogen-bond donors (Lipinski definition) is 0. The van der Waals surface area contributed by atoms with Crippen molar-refractivity contribution in [1.82, 2.24) is 0 Å². The molecule has 0 saturated carbocycles. The first kappa shape index (κ1) is 21.6. The first-order valence-corrected chi connectivity index (χ1v) is 15.0.